The average molecular weight is 779 g/mol. The molecule has 3 N–H and O–H groups in total. The lowest BCUT2D eigenvalue weighted by Gasteiger charge is -2.14. The number of hydrogen-bond acceptors (Lipinski definition) is 12. The highest BCUT2D eigenvalue weighted by molar-refractivity contribution is 7.15. The summed E-state index contributed by atoms with van der Waals surface area (Å²) in [6, 6.07) is 40.4. The smallest absolute Gasteiger partial charge is 0.349 e. The van der Waals surface area contributed by atoms with Gasteiger partial charge in [0.1, 0.15) is 20.8 Å². The SMILES string of the molecule is CC(=O)O.COC(=O)c1cnc(C(C)=NC(c2ccccc2)c2ccccc2)s1.COC(=O)c1cnc(C(C)=O)s1.NC(c1ccccc1)c1ccccc1. The van der Waals surface area contributed by atoms with Crippen LogP contribution >= 0.6 is 22.7 Å². The van der Waals surface area contributed by atoms with Gasteiger partial charge in [-0.3, -0.25) is 14.6 Å². The average Bonchev–Trinajstić information content (AvgIpc) is 3.93. The third-order valence-corrected chi connectivity index (χ3v) is 9.43. The molecule has 0 fully saturated rings. The summed E-state index contributed by atoms with van der Waals surface area (Å²) in [5.41, 5.74) is 11.4. The van der Waals surface area contributed by atoms with Crippen molar-refractivity contribution >= 4 is 52.1 Å². The Morgan fingerprint density at radius 3 is 1.25 bits per heavy atom. The minimum absolute atomic E-state index is 0.0163. The topological polar surface area (TPSA) is 171 Å². The van der Waals surface area contributed by atoms with Crippen LogP contribution in [0.3, 0.4) is 0 Å². The Morgan fingerprint density at radius 2 is 0.927 bits per heavy atom. The van der Waals surface area contributed by atoms with Crippen LogP contribution in [0.5, 0.6) is 0 Å². The molecule has 0 aliphatic rings. The van der Waals surface area contributed by atoms with Gasteiger partial charge < -0.3 is 20.3 Å². The molecule has 2 heterocycles. The van der Waals surface area contributed by atoms with Crippen molar-refractivity contribution in [2.24, 2.45) is 10.7 Å². The predicted molar refractivity (Wildman–Crippen MR) is 216 cm³/mol. The highest BCUT2D eigenvalue weighted by atomic mass is 32.1. The van der Waals surface area contributed by atoms with Gasteiger partial charge in [0.25, 0.3) is 5.97 Å². The predicted octanol–water partition coefficient (Wildman–Crippen LogP) is 8.49. The van der Waals surface area contributed by atoms with Gasteiger partial charge in [0.15, 0.2) is 10.8 Å². The number of carbonyl (C=O) groups excluding carboxylic acids is 3. The molecule has 0 unspecified atom stereocenters. The molecular weight excluding hydrogens is 737 g/mol. The number of Topliss-reactive ketones (excluding diaryl/α,β-unsaturated/α-hetero) is 1. The Labute approximate surface area is 328 Å². The molecule has 0 saturated carbocycles. The molecule has 0 atom stereocenters. The van der Waals surface area contributed by atoms with E-state index in [0.717, 1.165) is 51.2 Å². The third-order valence-electron chi connectivity index (χ3n) is 7.27. The lowest BCUT2D eigenvalue weighted by molar-refractivity contribution is -0.134. The second-order valence-electron chi connectivity index (χ2n) is 11.4. The molecule has 6 rings (SSSR count). The van der Waals surface area contributed by atoms with Crippen LogP contribution in [0.25, 0.3) is 0 Å². The molecule has 0 spiro atoms. The first-order valence-electron chi connectivity index (χ1n) is 16.7. The zero-order valence-corrected chi connectivity index (χ0v) is 32.6. The fourth-order valence-electron chi connectivity index (χ4n) is 4.64. The Morgan fingerprint density at radius 1 is 0.600 bits per heavy atom. The summed E-state index contributed by atoms with van der Waals surface area (Å²) in [6.45, 7) is 4.40. The maximum absolute atomic E-state index is 11.6. The van der Waals surface area contributed by atoms with Gasteiger partial charge in [-0.05, 0) is 29.2 Å². The normalized spacial score (nSPS) is 10.4. The van der Waals surface area contributed by atoms with Crippen molar-refractivity contribution in [3.63, 3.8) is 0 Å². The number of carboxylic acid groups (broad SMARTS) is 1. The largest absolute Gasteiger partial charge is 0.481 e. The Hall–Kier alpha value is -6.15. The third kappa shape index (κ3) is 14.3. The first-order chi connectivity index (χ1) is 26.4. The monoisotopic (exact) mass is 778 g/mol. The molecule has 4 aromatic carbocycles. The molecule has 11 nitrogen and oxygen atoms in total. The fourth-order valence-corrected chi connectivity index (χ4v) is 6.16. The van der Waals surface area contributed by atoms with Crippen molar-refractivity contribution in [3.8, 4) is 0 Å². The van der Waals surface area contributed by atoms with E-state index in [1.807, 2.05) is 79.7 Å². The van der Waals surface area contributed by atoms with Crippen molar-refractivity contribution in [1.29, 1.82) is 0 Å². The Balaban J connectivity index is 0.000000229. The van der Waals surface area contributed by atoms with Gasteiger partial charge in [-0.25, -0.2) is 19.6 Å². The number of aromatic nitrogens is 2. The molecule has 6 aromatic rings. The van der Waals surface area contributed by atoms with E-state index in [9.17, 15) is 14.4 Å². The van der Waals surface area contributed by atoms with E-state index >= 15 is 0 Å². The zero-order valence-electron chi connectivity index (χ0n) is 31.0. The quantitative estimate of drug-likeness (QED) is 0.0824. The second-order valence-corrected chi connectivity index (χ2v) is 13.4. The maximum Gasteiger partial charge on any atom is 0.349 e. The lowest BCUT2D eigenvalue weighted by atomic mass is 9.99. The van der Waals surface area contributed by atoms with Crippen molar-refractivity contribution in [3.05, 3.63) is 176 Å². The number of hydrogen-bond donors (Lipinski definition) is 2. The number of carboxylic acids is 1. The van der Waals surface area contributed by atoms with Crippen molar-refractivity contribution < 1.29 is 33.8 Å². The fraction of sp³-hybridized carbons (Fsp3) is 0.167. The number of benzene rings is 4. The summed E-state index contributed by atoms with van der Waals surface area (Å²) in [4.78, 5) is 56.1. The number of ether oxygens (including phenoxy) is 2. The molecule has 0 saturated heterocycles. The van der Waals surface area contributed by atoms with Gasteiger partial charge in [-0.1, -0.05) is 121 Å². The molecule has 0 radical (unpaired) electrons. The zero-order chi connectivity index (χ0) is 40.2. The minimum Gasteiger partial charge on any atom is -0.481 e. The lowest BCUT2D eigenvalue weighted by Crippen LogP contribution is -2.11. The molecule has 55 heavy (non-hydrogen) atoms. The first-order valence-corrected chi connectivity index (χ1v) is 18.4. The highest BCUT2D eigenvalue weighted by Crippen LogP contribution is 2.27. The number of nitrogens with zero attached hydrogens (tertiary/aromatic N) is 3. The summed E-state index contributed by atoms with van der Waals surface area (Å²) in [7, 11) is 2.65. The summed E-state index contributed by atoms with van der Waals surface area (Å²) >= 11 is 2.33. The summed E-state index contributed by atoms with van der Waals surface area (Å²) in [5, 5.41) is 8.47. The van der Waals surface area contributed by atoms with Crippen molar-refractivity contribution in [2.45, 2.75) is 32.9 Å². The van der Waals surface area contributed by atoms with E-state index in [1.165, 1.54) is 44.9 Å². The first kappa shape index (κ1) is 43.3. The molecule has 0 bridgehead atoms. The number of methoxy groups -OCH3 is 2. The number of aliphatic imine (C=N–C) groups is 1. The van der Waals surface area contributed by atoms with Crippen molar-refractivity contribution in [2.75, 3.05) is 14.2 Å². The van der Waals surface area contributed by atoms with Crippen LogP contribution in [-0.4, -0.2) is 58.7 Å². The van der Waals surface area contributed by atoms with Crippen LogP contribution in [0.1, 0.15) is 89.3 Å². The van der Waals surface area contributed by atoms with Gasteiger partial charge >= 0.3 is 11.9 Å². The van der Waals surface area contributed by atoms with Gasteiger partial charge in [-0.15, -0.1) is 22.7 Å². The number of aliphatic carboxylic acids is 1. The molecule has 2 aromatic heterocycles. The Kier molecular flexibility index (Phi) is 17.9. The number of esters is 2. The van der Waals surface area contributed by atoms with Crippen LogP contribution in [0.2, 0.25) is 0 Å². The van der Waals surface area contributed by atoms with Crippen LogP contribution < -0.4 is 5.73 Å². The number of rotatable bonds is 9. The minimum atomic E-state index is -0.833. The highest BCUT2D eigenvalue weighted by Gasteiger charge is 2.17. The van der Waals surface area contributed by atoms with E-state index in [4.69, 9.17) is 25.4 Å². The second kappa shape index (κ2) is 22.8. The number of carbonyl (C=O) groups is 4. The van der Waals surface area contributed by atoms with E-state index in [-0.39, 0.29) is 23.8 Å². The molecular formula is C42H42N4O7S2. The molecule has 13 heteroatoms. The van der Waals surface area contributed by atoms with Gasteiger partial charge in [0.2, 0.25) is 0 Å². The van der Waals surface area contributed by atoms with Crippen molar-refractivity contribution in [1.82, 2.24) is 9.97 Å². The summed E-state index contributed by atoms with van der Waals surface area (Å²) in [5.74, 6) is -1.81. The number of nitrogens with two attached hydrogens (primary N) is 1. The maximum atomic E-state index is 11.6. The Bertz CT molecular complexity index is 2040. The van der Waals surface area contributed by atoms with Crippen LogP contribution in [0, 0.1) is 0 Å². The standard InChI is InChI=1S/C20H18N2O2S.C13H13N.C7H7NO3S.C2H4O2/c1-14(19-21-13-17(25-19)20(23)24-2)22-18(15-9-5-3-6-10-15)16-11-7-4-8-12-16;14-13(11-7-3-1-4-8-11)12-9-5-2-6-10-12;1-4(9)6-8-3-5(12-6)7(10)11-2;1-2(3)4/h3-13,18H,1-2H3;1-10,13H,14H2;3H,1-2H3;1H3,(H,3,4). The van der Waals surface area contributed by atoms with Crippen LogP contribution in [0.15, 0.2) is 139 Å². The molecule has 0 aliphatic carbocycles. The molecule has 284 valence electrons. The van der Waals surface area contributed by atoms with E-state index in [1.54, 1.807) is 0 Å². The van der Waals surface area contributed by atoms with Gasteiger partial charge in [0, 0.05) is 13.8 Å². The van der Waals surface area contributed by atoms with Gasteiger partial charge in [0.05, 0.1) is 38.4 Å². The summed E-state index contributed by atoms with van der Waals surface area (Å²) < 4.78 is 9.19. The van der Waals surface area contributed by atoms with Gasteiger partial charge in [-0.2, -0.15) is 0 Å². The number of thiazole rings is 2. The summed E-state index contributed by atoms with van der Waals surface area (Å²) in [6.07, 6.45) is 2.87. The van der Waals surface area contributed by atoms with Crippen LogP contribution in [-0.2, 0) is 14.3 Å². The van der Waals surface area contributed by atoms with E-state index in [0.29, 0.717) is 14.8 Å². The van der Waals surface area contributed by atoms with E-state index < -0.39 is 11.9 Å². The molecule has 0 aliphatic heterocycles. The number of ketones is 1. The molecule has 0 amide bonds. The van der Waals surface area contributed by atoms with E-state index in [2.05, 4.69) is 63.2 Å². The van der Waals surface area contributed by atoms with Crippen LogP contribution in [0.4, 0.5) is 0 Å².